The molecule has 0 spiro atoms. The standard InChI is InChI=1S/C15H12Cl2N2O6S/c1-7(2)25-12(20)6-18-14(21)11(26-15(18)22)5-8-9(16)3-4-10(13(8)17)19(23)24/h3-5,7H,6H2,1-2H3/b11-5-. The zero-order valence-electron chi connectivity index (χ0n) is 13.5. The first-order valence-corrected chi connectivity index (χ1v) is 8.76. The van der Waals surface area contributed by atoms with E-state index in [2.05, 4.69) is 0 Å². The smallest absolute Gasteiger partial charge is 0.326 e. The van der Waals surface area contributed by atoms with Crippen molar-refractivity contribution in [3.05, 3.63) is 42.8 Å². The fourth-order valence-electron chi connectivity index (χ4n) is 2.03. The molecular formula is C15H12Cl2N2O6S. The molecule has 1 fully saturated rings. The Hall–Kier alpha value is -2.10. The maximum absolute atomic E-state index is 12.4. The highest BCUT2D eigenvalue weighted by Gasteiger charge is 2.37. The zero-order chi connectivity index (χ0) is 19.6. The molecule has 0 aliphatic carbocycles. The molecule has 26 heavy (non-hydrogen) atoms. The van der Waals surface area contributed by atoms with E-state index in [1.165, 1.54) is 12.1 Å². The third-order valence-electron chi connectivity index (χ3n) is 3.11. The Morgan fingerprint density at radius 2 is 2.04 bits per heavy atom. The van der Waals surface area contributed by atoms with Crippen molar-refractivity contribution in [2.24, 2.45) is 0 Å². The monoisotopic (exact) mass is 418 g/mol. The van der Waals surface area contributed by atoms with E-state index in [1.807, 2.05) is 0 Å². The van der Waals surface area contributed by atoms with Crippen LogP contribution in [0.4, 0.5) is 10.5 Å². The molecule has 1 aromatic carbocycles. The minimum absolute atomic E-state index is 0.0396. The second kappa shape index (κ2) is 8.07. The number of benzene rings is 1. The second-order valence-corrected chi connectivity index (χ2v) is 7.14. The molecule has 0 atom stereocenters. The number of carbonyl (C=O) groups is 3. The molecule has 2 rings (SSSR count). The molecule has 1 aliphatic rings. The van der Waals surface area contributed by atoms with Crippen molar-refractivity contribution >= 4 is 63.8 Å². The van der Waals surface area contributed by atoms with Crippen LogP contribution < -0.4 is 0 Å². The average Bonchev–Trinajstić information content (AvgIpc) is 2.77. The Morgan fingerprint density at radius 3 is 2.62 bits per heavy atom. The van der Waals surface area contributed by atoms with Crippen molar-refractivity contribution < 1.29 is 24.0 Å². The van der Waals surface area contributed by atoms with E-state index < -0.39 is 28.6 Å². The summed E-state index contributed by atoms with van der Waals surface area (Å²) in [5, 5.41) is 10.1. The average molecular weight is 419 g/mol. The number of esters is 1. The first-order chi connectivity index (χ1) is 12.1. The van der Waals surface area contributed by atoms with Crippen LogP contribution in [0.5, 0.6) is 0 Å². The summed E-state index contributed by atoms with van der Waals surface area (Å²) in [5.74, 6) is -1.46. The fraction of sp³-hybridized carbons (Fsp3) is 0.267. The zero-order valence-corrected chi connectivity index (χ0v) is 15.9. The molecule has 1 heterocycles. The first kappa shape index (κ1) is 20.2. The summed E-state index contributed by atoms with van der Waals surface area (Å²) in [6, 6.07) is 2.40. The lowest BCUT2D eigenvalue weighted by Gasteiger charge is -2.13. The molecule has 2 amide bonds. The summed E-state index contributed by atoms with van der Waals surface area (Å²) >= 11 is 12.6. The van der Waals surface area contributed by atoms with E-state index >= 15 is 0 Å². The molecule has 1 aliphatic heterocycles. The molecule has 0 aromatic heterocycles. The van der Waals surface area contributed by atoms with Crippen LogP contribution in [0.1, 0.15) is 19.4 Å². The lowest BCUT2D eigenvalue weighted by Crippen LogP contribution is -2.35. The number of imide groups is 1. The van der Waals surface area contributed by atoms with Crippen LogP contribution >= 0.6 is 35.0 Å². The molecule has 1 saturated heterocycles. The van der Waals surface area contributed by atoms with E-state index in [0.717, 1.165) is 11.0 Å². The van der Waals surface area contributed by atoms with Crippen molar-refractivity contribution in [1.82, 2.24) is 4.90 Å². The summed E-state index contributed by atoms with van der Waals surface area (Å²) in [4.78, 5) is 47.0. The van der Waals surface area contributed by atoms with Crippen molar-refractivity contribution in [3.63, 3.8) is 0 Å². The van der Waals surface area contributed by atoms with Gasteiger partial charge in [0, 0.05) is 16.7 Å². The summed E-state index contributed by atoms with van der Waals surface area (Å²) in [6.45, 7) is 2.74. The van der Waals surface area contributed by atoms with Gasteiger partial charge < -0.3 is 4.74 Å². The topological polar surface area (TPSA) is 107 Å². The number of thioether (sulfide) groups is 1. The summed E-state index contributed by atoms with van der Waals surface area (Å²) in [5.41, 5.74) is -0.347. The van der Waals surface area contributed by atoms with Crippen LogP contribution in [-0.2, 0) is 14.3 Å². The lowest BCUT2D eigenvalue weighted by atomic mass is 10.1. The number of nitro benzene ring substituents is 1. The van der Waals surface area contributed by atoms with Gasteiger partial charge in [-0.1, -0.05) is 23.2 Å². The molecule has 1 aromatic rings. The van der Waals surface area contributed by atoms with Crippen LogP contribution in [0.15, 0.2) is 17.0 Å². The van der Waals surface area contributed by atoms with Gasteiger partial charge in [-0.15, -0.1) is 0 Å². The number of hydrogen-bond donors (Lipinski definition) is 0. The largest absolute Gasteiger partial charge is 0.462 e. The maximum Gasteiger partial charge on any atom is 0.326 e. The van der Waals surface area contributed by atoms with Gasteiger partial charge in [0.25, 0.3) is 16.8 Å². The van der Waals surface area contributed by atoms with E-state index in [-0.39, 0.29) is 32.3 Å². The van der Waals surface area contributed by atoms with Gasteiger partial charge >= 0.3 is 5.97 Å². The molecule has 0 unspecified atom stereocenters. The van der Waals surface area contributed by atoms with E-state index in [0.29, 0.717) is 11.8 Å². The lowest BCUT2D eigenvalue weighted by molar-refractivity contribution is -0.384. The number of rotatable bonds is 5. The fourth-order valence-corrected chi connectivity index (χ4v) is 3.40. The Bertz CT molecular complexity index is 840. The Balaban J connectivity index is 2.32. The number of hydrogen-bond acceptors (Lipinski definition) is 7. The predicted molar refractivity (Wildman–Crippen MR) is 97.0 cm³/mol. The van der Waals surface area contributed by atoms with Crippen molar-refractivity contribution in [2.45, 2.75) is 20.0 Å². The highest BCUT2D eigenvalue weighted by atomic mass is 35.5. The molecule has 8 nitrogen and oxygen atoms in total. The van der Waals surface area contributed by atoms with Crippen LogP contribution in [0.25, 0.3) is 6.08 Å². The maximum atomic E-state index is 12.4. The van der Waals surface area contributed by atoms with E-state index in [9.17, 15) is 24.5 Å². The SMILES string of the molecule is CC(C)OC(=O)CN1C(=O)S/C(=C\c2c(Cl)ccc([N+](=O)[O-])c2Cl)C1=O. The van der Waals surface area contributed by atoms with Crippen LogP contribution in [0.2, 0.25) is 10.0 Å². The summed E-state index contributed by atoms with van der Waals surface area (Å²) < 4.78 is 4.91. The van der Waals surface area contributed by atoms with Gasteiger partial charge in [-0.3, -0.25) is 29.4 Å². The van der Waals surface area contributed by atoms with Gasteiger partial charge in [-0.2, -0.15) is 0 Å². The van der Waals surface area contributed by atoms with Gasteiger partial charge in [0.2, 0.25) is 0 Å². The third kappa shape index (κ3) is 4.35. The highest BCUT2D eigenvalue weighted by Crippen LogP contribution is 2.38. The number of amides is 2. The van der Waals surface area contributed by atoms with Crippen LogP contribution in [0.3, 0.4) is 0 Å². The normalized spacial score (nSPS) is 15.9. The minimum Gasteiger partial charge on any atom is -0.462 e. The quantitative estimate of drug-likeness (QED) is 0.308. The Labute approximate surface area is 162 Å². The molecule has 0 saturated carbocycles. The minimum atomic E-state index is -0.737. The molecular weight excluding hydrogens is 407 g/mol. The van der Waals surface area contributed by atoms with Gasteiger partial charge in [0.1, 0.15) is 11.6 Å². The second-order valence-electron chi connectivity index (χ2n) is 5.36. The molecule has 0 bridgehead atoms. The van der Waals surface area contributed by atoms with Gasteiger partial charge in [-0.25, -0.2) is 0 Å². The number of carbonyl (C=O) groups excluding carboxylic acids is 3. The summed E-state index contributed by atoms with van der Waals surface area (Å²) in [6.07, 6.45) is 0.802. The molecule has 11 heteroatoms. The Kier molecular flexibility index (Phi) is 6.27. The number of ether oxygens (including phenoxy) is 1. The first-order valence-electron chi connectivity index (χ1n) is 7.19. The van der Waals surface area contributed by atoms with Crippen LogP contribution in [0, 0.1) is 10.1 Å². The van der Waals surface area contributed by atoms with Crippen molar-refractivity contribution in [1.29, 1.82) is 0 Å². The summed E-state index contributed by atoms with van der Waals surface area (Å²) in [7, 11) is 0. The molecule has 0 N–H and O–H groups in total. The Morgan fingerprint density at radius 1 is 1.38 bits per heavy atom. The van der Waals surface area contributed by atoms with Gasteiger partial charge in [0.15, 0.2) is 0 Å². The molecule has 138 valence electrons. The van der Waals surface area contributed by atoms with Gasteiger partial charge in [-0.05, 0) is 37.8 Å². The molecule has 0 radical (unpaired) electrons. The number of nitro groups is 1. The van der Waals surface area contributed by atoms with Crippen molar-refractivity contribution in [2.75, 3.05) is 6.54 Å². The third-order valence-corrected chi connectivity index (χ3v) is 4.74. The van der Waals surface area contributed by atoms with E-state index in [4.69, 9.17) is 27.9 Å². The van der Waals surface area contributed by atoms with Crippen molar-refractivity contribution in [3.8, 4) is 0 Å². The van der Waals surface area contributed by atoms with E-state index in [1.54, 1.807) is 13.8 Å². The number of nitrogens with zero attached hydrogens (tertiary/aromatic N) is 2. The number of halogens is 2. The predicted octanol–water partition coefficient (Wildman–Crippen LogP) is 3.89. The highest BCUT2D eigenvalue weighted by molar-refractivity contribution is 8.18. The van der Waals surface area contributed by atoms with Crippen LogP contribution in [-0.4, -0.2) is 39.6 Å². The van der Waals surface area contributed by atoms with Gasteiger partial charge in [0.05, 0.1) is 15.9 Å².